The molecule has 1 heterocycles. The predicted octanol–water partition coefficient (Wildman–Crippen LogP) is 11.6. The standard InChI is InChI=1S/C46H31N/c1-5-17-32(18-6-1)35-30-42(33-19-7-2-8-20-33)47-43(31-35)45-38-26-14-13-21-34(38)29-41-44(45)39-27-15-16-28-40(39)46(41,36-22-9-3-10-23-36)37-24-11-4-12-25-37/h1-31H. The summed E-state index contributed by atoms with van der Waals surface area (Å²) in [5.41, 5.74) is 13.7. The molecule has 0 fully saturated rings. The molecule has 0 saturated carbocycles. The fourth-order valence-electron chi connectivity index (χ4n) is 7.74. The molecule has 1 aliphatic carbocycles. The van der Waals surface area contributed by atoms with Crippen LogP contribution in [0.15, 0.2) is 188 Å². The highest BCUT2D eigenvalue weighted by atomic mass is 14.7. The highest BCUT2D eigenvalue weighted by molar-refractivity contribution is 6.09. The predicted molar refractivity (Wildman–Crippen MR) is 195 cm³/mol. The molecule has 8 aromatic rings. The Morgan fingerprint density at radius 1 is 0.362 bits per heavy atom. The Hall–Kier alpha value is -6.05. The fraction of sp³-hybridized carbons (Fsp3) is 0.0217. The van der Waals surface area contributed by atoms with E-state index < -0.39 is 5.41 Å². The molecular weight excluding hydrogens is 567 g/mol. The van der Waals surface area contributed by atoms with Gasteiger partial charge >= 0.3 is 0 Å². The lowest BCUT2D eigenvalue weighted by atomic mass is 9.67. The molecule has 0 radical (unpaired) electrons. The summed E-state index contributed by atoms with van der Waals surface area (Å²) in [5, 5.41) is 2.41. The number of hydrogen-bond donors (Lipinski definition) is 0. The Bertz CT molecular complexity index is 2280. The lowest BCUT2D eigenvalue weighted by Crippen LogP contribution is -2.28. The molecule has 0 N–H and O–H groups in total. The van der Waals surface area contributed by atoms with Crippen molar-refractivity contribution in [2.24, 2.45) is 0 Å². The van der Waals surface area contributed by atoms with Crippen LogP contribution < -0.4 is 0 Å². The lowest BCUT2D eigenvalue weighted by molar-refractivity contribution is 0.769. The molecule has 0 spiro atoms. The van der Waals surface area contributed by atoms with Gasteiger partial charge in [-0.05, 0) is 73.5 Å². The van der Waals surface area contributed by atoms with E-state index in [0.29, 0.717) is 0 Å². The molecule has 1 aromatic heterocycles. The smallest absolute Gasteiger partial charge is 0.0728 e. The number of aromatic nitrogens is 1. The van der Waals surface area contributed by atoms with Gasteiger partial charge in [0.15, 0.2) is 0 Å². The number of pyridine rings is 1. The first-order chi connectivity index (χ1) is 23.3. The summed E-state index contributed by atoms with van der Waals surface area (Å²) in [4.78, 5) is 5.49. The molecule has 220 valence electrons. The van der Waals surface area contributed by atoms with Gasteiger partial charge in [0, 0.05) is 11.1 Å². The second-order valence-electron chi connectivity index (χ2n) is 12.3. The number of benzene rings is 7. The second kappa shape index (κ2) is 11.1. The van der Waals surface area contributed by atoms with Crippen molar-refractivity contribution < 1.29 is 0 Å². The molecule has 47 heavy (non-hydrogen) atoms. The Morgan fingerprint density at radius 2 is 0.894 bits per heavy atom. The quantitative estimate of drug-likeness (QED) is 0.192. The van der Waals surface area contributed by atoms with Gasteiger partial charge in [0.2, 0.25) is 0 Å². The van der Waals surface area contributed by atoms with Gasteiger partial charge < -0.3 is 0 Å². The van der Waals surface area contributed by atoms with Crippen LogP contribution in [-0.4, -0.2) is 4.98 Å². The van der Waals surface area contributed by atoms with Gasteiger partial charge in [0.1, 0.15) is 0 Å². The van der Waals surface area contributed by atoms with Gasteiger partial charge in [-0.2, -0.15) is 0 Å². The molecular formula is C46H31N. The molecule has 0 bridgehead atoms. The minimum absolute atomic E-state index is 0.494. The van der Waals surface area contributed by atoms with Gasteiger partial charge in [-0.1, -0.05) is 170 Å². The summed E-state index contributed by atoms with van der Waals surface area (Å²) < 4.78 is 0. The molecule has 7 aromatic carbocycles. The van der Waals surface area contributed by atoms with E-state index in [1.807, 2.05) is 0 Å². The molecule has 9 rings (SSSR count). The highest BCUT2D eigenvalue weighted by Crippen LogP contribution is 2.59. The SMILES string of the molecule is c1ccc(-c2cc(-c3ccccc3)nc(-c3c4c(cc5ccccc35)C(c3ccccc3)(c3ccccc3)c3ccccc3-4)c2)cc1. The normalized spacial score (nSPS) is 12.9. The van der Waals surface area contributed by atoms with E-state index in [0.717, 1.165) is 22.5 Å². The Morgan fingerprint density at radius 3 is 1.57 bits per heavy atom. The molecule has 0 amide bonds. The summed E-state index contributed by atoms with van der Waals surface area (Å²) in [7, 11) is 0. The zero-order chi connectivity index (χ0) is 31.2. The molecule has 0 aliphatic heterocycles. The lowest BCUT2D eigenvalue weighted by Gasteiger charge is -2.34. The summed E-state index contributed by atoms with van der Waals surface area (Å²) in [6.07, 6.45) is 0. The van der Waals surface area contributed by atoms with Crippen molar-refractivity contribution in [3.05, 3.63) is 210 Å². The summed E-state index contributed by atoms with van der Waals surface area (Å²) >= 11 is 0. The van der Waals surface area contributed by atoms with Gasteiger partial charge in [-0.25, -0.2) is 4.98 Å². The van der Waals surface area contributed by atoms with Crippen LogP contribution >= 0.6 is 0 Å². The fourth-order valence-corrected chi connectivity index (χ4v) is 7.74. The summed E-state index contributed by atoms with van der Waals surface area (Å²) in [5.74, 6) is 0. The maximum Gasteiger partial charge on any atom is 0.0728 e. The van der Waals surface area contributed by atoms with E-state index in [1.165, 1.54) is 55.3 Å². The van der Waals surface area contributed by atoms with Crippen LogP contribution in [0, 0.1) is 0 Å². The van der Waals surface area contributed by atoms with Gasteiger partial charge in [-0.15, -0.1) is 0 Å². The van der Waals surface area contributed by atoms with Crippen molar-refractivity contribution >= 4 is 10.8 Å². The van der Waals surface area contributed by atoms with E-state index in [2.05, 4.69) is 188 Å². The van der Waals surface area contributed by atoms with Crippen LogP contribution in [0.5, 0.6) is 0 Å². The van der Waals surface area contributed by atoms with E-state index in [1.54, 1.807) is 0 Å². The van der Waals surface area contributed by atoms with Crippen LogP contribution in [0.25, 0.3) is 55.5 Å². The van der Waals surface area contributed by atoms with Gasteiger partial charge in [-0.3, -0.25) is 0 Å². The van der Waals surface area contributed by atoms with Crippen molar-refractivity contribution in [2.75, 3.05) is 0 Å². The number of nitrogens with zero attached hydrogens (tertiary/aromatic N) is 1. The third-order valence-corrected chi connectivity index (χ3v) is 9.73. The molecule has 0 atom stereocenters. The summed E-state index contributed by atoms with van der Waals surface area (Å²) in [6.45, 7) is 0. The van der Waals surface area contributed by atoms with Crippen molar-refractivity contribution in [2.45, 2.75) is 5.41 Å². The number of fused-ring (bicyclic) bond motifs is 4. The first kappa shape index (κ1) is 27.3. The Labute approximate surface area is 275 Å². The van der Waals surface area contributed by atoms with Crippen LogP contribution in [0.1, 0.15) is 22.3 Å². The first-order valence-electron chi connectivity index (χ1n) is 16.2. The average Bonchev–Trinajstić information content (AvgIpc) is 3.45. The van der Waals surface area contributed by atoms with Crippen molar-refractivity contribution in [3.8, 4) is 44.8 Å². The molecule has 1 heteroatoms. The van der Waals surface area contributed by atoms with Gasteiger partial charge in [0.25, 0.3) is 0 Å². The first-order valence-corrected chi connectivity index (χ1v) is 16.2. The topological polar surface area (TPSA) is 12.9 Å². The van der Waals surface area contributed by atoms with Crippen LogP contribution in [0.3, 0.4) is 0 Å². The molecule has 1 nitrogen and oxygen atoms in total. The van der Waals surface area contributed by atoms with E-state index in [-0.39, 0.29) is 0 Å². The van der Waals surface area contributed by atoms with Crippen LogP contribution in [0.4, 0.5) is 0 Å². The molecule has 0 saturated heterocycles. The summed E-state index contributed by atoms with van der Waals surface area (Å²) in [6, 6.07) is 68.0. The van der Waals surface area contributed by atoms with E-state index in [9.17, 15) is 0 Å². The maximum absolute atomic E-state index is 5.49. The zero-order valence-corrected chi connectivity index (χ0v) is 25.8. The van der Waals surface area contributed by atoms with Crippen LogP contribution in [-0.2, 0) is 5.41 Å². The Balaban J connectivity index is 1.45. The zero-order valence-electron chi connectivity index (χ0n) is 25.8. The van der Waals surface area contributed by atoms with Crippen LogP contribution in [0.2, 0.25) is 0 Å². The van der Waals surface area contributed by atoms with Crippen molar-refractivity contribution in [1.29, 1.82) is 0 Å². The van der Waals surface area contributed by atoms with Crippen molar-refractivity contribution in [3.63, 3.8) is 0 Å². The van der Waals surface area contributed by atoms with Crippen molar-refractivity contribution in [1.82, 2.24) is 4.98 Å². The molecule has 0 unspecified atom stereocenters. The second-order valence-corrected chi connectivity index (χ2v) is 12.3. The monoisotopic (exact) mass is 597 g/mol. The molecule has 1 aliphatic rings. The average molecular weight is 598 g/mol. The third kappa shape index (κ3) is 4.28. The highest BCUT2D eigenvalue weighted by Gasteiger charge is 2.47. The maximum atomic E-state index is 5.49. The van der Waals surface area contributed by atoms with E-state index >= 15 is 0 Å². The van der Waals surface area contributed by atoms with Gasteiger partial charge in [0.05, 0.1) is 16.8 Å². The largest absolute Gasteiger partial charge is 0.248 e. The minimum atomic E-state index is -0.494. The number of rotatable bonds is 5. The number of hydrogen-bond acceptors (Lipinski definition) is 1. The minimum Gasteiger partial charge on any atom is -0.248 e. The Kier molecular flexibility index (Phi) is 6.43. The third-order valence-electron chi connectivity index (χ3n) is 9.73. The van der Waals surface area contributed by atoms with E-state index in [4.69, 9.17) is 4.98 Å².